The highest BCUT2D eigenvalue weighted by molar-refractivity contribution is 7.80. The lowest BCUT2D eigenvalue weighted by molar-refractivity contribution is -0.123. The maximum Gasteiger partial charge on any atom is 0.221 e. The fourth-order valence-electron chi connectivity index (χ4n) is 2.37. The van der Waals surface area contributed by atoms with Gasteiger partial charge in [0.15, 0.2) is 0 Å². The number of amides is 1. The van der Waals surface area contributed by atoms with Crippen molar-refractivity contribution in [3.8, 4) is 0 Å². The molecule has 1 aliphatic carbocycles. The van der Waals surface area contributed by atoms with Crippen LogP contribution in [0.15, 0.2) is 0 Å². The molecule has 1 aliphatic rings. The van der Waals surface area contributed by atoms with Crippen molar-refractivity contribution in [2.45, 2.75) is 64.3 Å². The van der Waals surface area contributed by atoms with Crippen LogP contribution in [0.4, 0.5) is 0 Å². The highest BCUT2D eigenvalue weighted by atomic mass is 32.1. The molecular weight excluding hydrogens is 232 g/mol. The number of hydrogen-bond acceptors (Lipinski definition) is 2. The van der Waals surface area contributed by atoms with Gasteiger partial charge in [-0.2, -0.15) is 0 Å². The SMILES string of the molecule is CCC(C)CC(=O)NC1(C(N)=S)CCCCC1. The van der Waals surface area contributed by atoms with Crippen molar-refractivity contribution in [3.63, 3.8) is 0 Å². The molecule has 1 fully saturated rings. The molecule has 0 saturated heterocycles. The third kappa shape index (κ3) is 3.95. The van der Waals surface area contributed by atoms with Gasteiger partial charge in [0.1, 0.15) is 0 Å². The Morgan fingerprint density at radius 3 is 2.47 bits per heavy atom. The Balaban J connectivity index is 2.60. The van der Waals surface area contributed by atoms with Gasteiger partial charge >= 0.3 is 0 Å². The molecule has 98 valence electrons. The van der Waals surface area contributed by atoms with E-state index in [9.17, 15) is 4.79 Å². The average Bonchev–Trinajstić information content (AvgIpc) is 2.29. The predicted molar refractivity (Wildman–Crippen MR) is 74.8 cm³/mol. The van der Waals surface area contributed by atoms with Crippen molar-refractivity contribution < 1.29 is 4.79 Å². The Hall–Kier alpha value is -0.640. The number of rotatable bonds is 5. The largest absolute Gasteiger partial charge is 0.391 e. The van der Waals surface area contributed by atoms with Crippen LogP contribution in [0.1, 0.15) is 58.8 Å². The lowest BCUT2D eigenvalue weighted by atomic mass is 9.81. The molecule has 4 heteroatoms. The number of thiocarbonyl (C=S) groups is 1. The molecule has 0 radical (unpaired) electrons. The third-order valence-electron chi connectivity index (χ3n) is 3.79. The molecule has 0 heterocycles. The summed E-state index contributed by atoms with van der Waals surface area (Å²) in [5.41, 5.74) is 5.43. The van der Waals surface area contributed by atoms with E-state index in [1.54, 1.807) is 0 Å². The second-order valence-corrected chi connectivity index (χ2v) is 5.71. The molecule has 0 aromatic heterocycles. The minimum Gasteiger partial charge on any atom is -0.391 e. The molecule has 3 nitrogen and oxygen atoms in total. The van der Waals surface area contributed by atoms with Gasteiger partial charge in [0, 0.05) is 6.42 Å². The van der Waals surface area contributed by atoms with E-state index in [1.807, 2.05) is 0 Å². The molecule has 1 saturated carbocycles. The van der Waals surface area contributed by atoms with Gasteiger partial charge < -0.3 is 11.1 Å². The summed E-state index contributed by atoms with van der Waals surface area (Å²) in [6.45, 7) is 4.19. The van der Waals surface area contributed by atoms with Gasteiger partial charge in [0.25, 0.3) is 0 Å². The molecule has 1 unspecified atom stereocenters. The van der Waals surface area contributed by atoms with Gasteiger partial charge in [-0.1, -0.05) is 51.7 Å². The van der Waals surface area contributed by atoms with Crippen molar-refractivity contribution in [2.75, 3.05) is 0 Å². The van der Waals surface area contributed by atoms with E-state index in [0.29, 0.717) is 17.3 Å². The average molecular weight is 256 g/mol. The second kappa shape index (κ2) is 6.34. The molecular formula is C13H24N2OS. The summed E-state index contributed by atoms with van der Waals surface area (Å²) in [4.78, 5) is 12.4. The van der Waals surface area contributed by atoms with Crippen LogP contribution in [0.3, 0.4) is 0 Å². The van der Waals surface area contributed by atoms with Crippen LogP contribution in [-0.4, -0.2) is 16.4 Å². The van der Waals surface area contributed by atoms with E-state index >= 15 is 0 Å². The van der Waals surface area contributed by atoms with Crippen LogP contribution >= 0.6 is 12.2 Å². The minimum atomic E-state index is -0.405. The molecule has 0 aromatic rings. The highest BCUT2D eigenvalue weighted by Crippen LogP contribution is 2.28. The Labute approximate surface area is 110 Å². The van der Waals surface area contributed by atoms with E-state index in [2.05, 4.69) is 19.2 Å². The fourth-order valence-corrected chi connectivity index (χ4v) is 2.62. The topological polar surface area (TPSA) is 55.1 Å². The zero-order valence-corrected chi connectivity index (χ0v) is 11.7. The Kier molecular flexibility index (Phi) is 5.37. The molecule has 0 spiro atoms. The first-order chi connectivity index (χ1) is 8.00. The van der Waals surface area contributed by atoms with E-state index in [1.165, 1.54) is 6.42 Å². The van der Waals surface area contributed by atoms with Crippen molar-refractivity contribution in [1.82, 2.24) is 5.32 Å². The van der Waals surface area contributed by atoms with E-state index < -0.39 is 5.54 Å². The number of carbonyl (C=O) groups is 1. The summed E-state index contributed by atoms with van der Waals surface area (Å²) in [5.74, 6) is 0.510. The summed E-state index contributed by atoms with van der Waals surface area (Å²) >= 11 is 5.15. The lowest BCUT2D eigenvalue weighted by Gasteiger charge is -2.37. The van der Waals surface area contributed by atoms with Gasteiger partial charge in [0.05, 0.1) is 10.5 Å². The molecule has 1 rings (SSSR count). The van der Waals surface area contributed by atoms with Gasteiger partial charge in [-0.05, 0) is 18.8 Å². The maximum absolute atomic E-state index is 12.0. The van der Waals surface area contributed by atoms with Crippen molar-refractivity contribution in [1.29, 1.82) is 0 Å². The van der Waals surface area contributed by atoms with Crippen LogP contribution in [0.25, 0.3) is 0 Å². The Morgan fingerprint density at radius 1 is 1.41 bits per heavy atom. The lowest BCUT2D eigenvalue weighted by Crippen LogP contribution is -2.57. The van der Waals surface area contributed by atoms with Crippen LogP contribution in [-0.2, 0) is 4.79 Å². The van der Waals surface area contributed by atoms with Crippen LogP contribution in [0, 0.1) is 5.92 Å². The third-order valence-corrected chi connectivity index (χ3v) is 4.18. The van der Waals surface area contributed by atoms with E-state index in [-0.39, 0.29) is 5.91 Å². The zero-order chi connectivity index (χ0) is 12.9. The Morgan fingerprint density at radius 2 is 2.00 bits per heavy atom. The predicted octanol–water partition coefficient (Wildman–Crippen LogP) is 2.53. The van der Waals surface area contributed by atoms with E-state index in [4.69, 9.17) is 18.0 Å². The fraction of sp³-hybridized carbons (Fsp3) is 0.846. The number of hydrogen-bond donors (Lipinski definition) is 2. The second-order valence-electron chi connectivity index (χ2n) is 5.27. The first kappa shape index (κ1) is 14.4. The molecule has 3 N–H and O–H groups in total. The zero-order valence-electron chi connectivity index (χ0n) is 10.9. The summed E-state index contributed by atoms with van der Waals surface area (Å²) in [7, 11) is 0. The highest BCUT2D eigenvalue weighted by Gasteiger charge is 2.36. The summed E-state index contributed by atoms with van der Waals surface area (Å²) in [6.07, 6.45) is 6.80. The standard InChI is InChI=1S/C13H24N2OS/c1-3-10(2)9-11(16)15-13(12(14)17)7-5-4-6-8-13/h10H,3-9H2,1-2H3,(H2,14,17)(H,15,16). The first-order valence-corrected chi connectivity index (χ1v) is 7.02. The van der Waals surface area contributed by atoms with Gasteiger partial charge in [0.2, 0.25) is 5.91 Å². The minimum absolute atomic E-state index is 0.0917. The summed E-state index contributed by atoms with van der Waals surface area (Å²) < 4.78 is 0. The summed E-state index contributed by atoms with van der Waals surface area (Å²) in [6, 6.07) is 0. The van der Waals surface area contributed by atoms with Crippen molar-refractivity contribution in [2.24, 2.45) is 11.7 Å². The maximum atomic E-state index is 12.0. The first-order valence-electron chi connectivity index (χ1n) is 6.61. The van der Waals surface area contributed by atoms with Gasteiger partial charge in [-0.3, -0.25) is 4.79 Å². The molecule has 1 atom stereocenters. The number of carbonyl (C=O) groups excluding carboxylic acids is 1. The smallest absolute Gasteiger partial charge is 0.221 e. The van der Waals surface area contributed by atoms with Crippen LogP contribution < -0.4 is 11.1 Å². The number of nitrogens with two attached hydrogens (primary N) is 1. The van der Waals surface area contributed by atoms with Crippen LogP contribution in [0.5, 0.6) is 0 Å². The quantitative estimate of drug-likeness (QED) is 0.743. The number of nitrogens with one attached hydrogen (secondary N) is 1. The monoisotopic (exact) mass is 256 g/mol. The van der Waals surface area contributed by atoms with Gasteiger partial charge in [-0.15, -0.1) is 0 Å². The molecule has 0 aromatic carbocycles. The summed E-state index contributed by atoms with van der Waals surface area (Å²) in [5, 5.41) is 3.09. The van der Waals surface area contributed by atoms with Crippen LogP contribution in [0.2, 0.25) is 0 Å². The molecule has 0 bridgehead atoms. The molecule has 1 amide bonds. The Bertz CT molecular complexity index is 285. The molecule has 0 aliphatic heterocycles. The van der Waals surface area contributed by atoms with Crippen molar-refractivity contribution >= 4 is 23.1 Å². The molecule has 17 heavy (non-hydrogen) atoms. The normalized spacial score (nSPS) is 20.6. The van der Waals surface area contributed by atoms with E-state index in [0.717, 1.165) is 32.1 Å². The van der Waals surface area contributed by atoms with Gasteiger partial charge in [-0.25, -0.2) is 0 Å². The van der Waals surface area contributed by atoms with Crippen molar-refractivity contribution in [3.05, 3.63) is 0 Å².